The Morgan fingerprint density at radius 2 is 1.75 bits per heavy atom. The lowest BCUT2D eigenvalue weighted by Gasteiger charge is -2.28. The highest BCUT2D eigenvalue weighted by atomic mass is 32.2. The van der Waals surface area contributed by atoms with E-state index in [0.717, 1.165) is 24.0 Å². The van der Waals surface area contributed by atoms with Crippen molar-refractivity contribution in [2.24, 2.45) is 5.10 Å². The number of amides is 1. The van der Waals surface area contributed by atoms with E-state index in [1.165, 1.54) is 6.07 Å². The molecular formula is C21H21N3O3S. The summed E-state index contributed by atoms with van der Waals surface area (Å²) in [5.41, 5.74) is 2.43. The van der Waals surface area contributed by atoms with E-state index in [1.54, 1.807) is 34.2 Å². The van der Waals surface area contributed by atoms with E-state index in [-0.39, 0.29) is 4.90 Å². The van der Waals surface area contributed by atoms with Crippen LogP contribution >= 0.6 is 0 Å². The van der Waals surface area contributed by atoms with Crippen molar-refractivity contribution in [3.8, 4) is 0 Å². The lowest BCUT2D eigenvalue weighted by molar-refractivity contribution is -0.122. The molecule has 0 aromatic heterocycles. The number of hydrogen-bond donors (Lipinski definition) is 0. The Balaban J connectivity index is 1.75. The number of hydrogen-bond acceptors (Lipinski definition) is 5. The maximum atomic E-state index is 13.1. The van der Waals surface area contributed by atoms with Gasteiger partial charge in [-0.2, -0.15) is 5.10 Å². The number of rotatable bonds is 4. The van der Waals surface area contributed by atoms with Crippen LogP contribution in [0.1, 0.15) is 24.0 Å². The van der Waals surface area contributed by atoms with Crippen LogP contribution in [0.5, 0.6) is 0 Å². The predicted molar refractivity (Wildman–Crippen MR) is 110 cm³/mol. The number of nitrogens with zero attached hydrogens (tertiary/aromatic N) is 3. The summed E-state index contributed by atoms with van der Waals surface area (Å²) in [6, 6.07) is 14.4. The average Bonchev–Trinajstić information content (AvgIpc) is 3.25. The fourth-order valence-electron chi connectivity index (χ4n) is 3.48. The fourth-order valence-corrected chi connectivity index (χ4v) is 4.96. The van der Waals surface area contributed by atoms with Gasteiger partial charge in [-0.25, -0.2) is 8.42 Å². The summed E-state index contributed by atoms with van der Waals surface area (Å²) in [5, 5.41) is 5.52. The van der Waals surface area contributed by atoms with Crippen molar-refractivity contribution in [3.05, 3.63) is 66.2 Å². The van der Waals surface area contributed by atoms with Gasteiger partial charge in [-0.3, -0.25) is 9.80 Å². The number of benzene rings is 2. The lowest BCUT2D eigenvalue weighted by Crippen LogP contribution is -2.42. The van der Waals surface area contributed by atoms with Gasteiger partial charge >= 0.3 is 0 Å². The number of carbonyl (C=O) groups excluding carboxylic acids is 1. The van der Waals surface area contributed by atoms with E-state index in [9.17, 15) is 13.2 Å². The maximum Gasteiger partial charge on any atom is 0.286 e. The highest BCUT2D eigenvalue weighted by Crippen LogP contribution is 2.33. The van der Waals surface area contributed by atoms with E-state index < -0.39 is 20.8 Å². The third kappa shape index (κ3) is 3.22. The Kier molecular flexibility index (Phi) is 4.77. The number of fused-ring (bicyclic) bond motifs is 1. The molecule has 144 valence electrons. The minimum atomic E-state index is -3.95. The highest BCUT2D eigenvalue weighted by Gasteiger charge is 2.39. The van der Waals surface area contributed by atoms with Gasteiger partial charge in [-0.15, -0.1) is 0 Å². The summed E-state index contributed by atoms with van der Waals surface area (Å²) in [7, 11) is -3.95. The molecule has 4 rings (SSSR count). The molecule has 0 spiro atoms. The summed E-state index contributed by atoms with van der Waals surface area (Å²) in [5.74, 6) is -0.515. The van der Waals surface area contributed by atoms with Crippen molar-refractivity contribution in [1.82, 2.24) is 4.90 Å². The van der Waals surface area contributed by atoms with Crippen molar-refractivity contribution in [3.63, 3.8) is 0 Å². The van der Waals surface area contributed by atoms with Gasteiger partial charge in [0.05, 0.1) is 17.1 Å². The zero-order valence-electron chi connectivity index (χ0n) is 15.4. The summed E-state index contributed by atoms with van der Waals surface area (Å²) in [6.07, 6.45) is 3.53. The SMILES string of the molecule is C=Cc1ccc(CN2N=C(C(=O)N3CCCC3)S(=O)(=O)c3ccccc32)cc1. The van der Waals surface area contributed by atoms with Gasteiger partial charge in [0, 0.05) is 13.1 Å². The van der Waals surface area contributed by atoms with Crippen LogP contribution in [-0.4, -0.2) is 37.4 Å². The minimum absolute atomic E-state index is 0.121. The molecule has 1 fully saturated rings. The molecule has 1 saturated heterocycles. The molecule has 6 nitrogen and oxygen atoms in total. The number of likely N-dealkylation sites (tertiary alicyclic amines) is 1. The third-order valence-corrected chi connectivity index (χ3v) is 6.71. The summed E-state index contributed by atoms with van der Waals surface area (Å²) in [6.45, 7) is 5.24. The normalized spacial score (nSPS) is 17.8. The largest absolute Gasteiger partial charge is 0.337 e. The molecule has 2 aliphatic heterocycles. The molecule has 0 bridgehead atoms. The smallest absolute Gasteiger partial charge is 0.286 e. The fraction of sp³-hybridized carbons (Fsp3) is 0.238. The first-order valence-corrected chi connectivity index (χ1v) is 10.7. The second-order valence-electron chi connectivity index (χ2n) is 6.88. The van der Waals surface area contributed by atoms with Gasteiger partial charge in [-0.05, 0) is 36.1 Å². The first-order valence-electron chi connectivity index (χ1n) is 9.21. The van der Waals surface area contributed by atoms with E-state index in [4.69, 9.17) is 0 Å². The topological polar surface area (TPSA) is 70.1 Å². The predicted octanol–water partition coefficient (Wildman–Crippen LogP) is 3.06. The monoisotopic (exact) mass is 395 g/mol. The number of para-hydroxylation sites is 1. The molecule has 0 atom stereocenters. The Morgan fingerprint density at radius 3 is 2.43 bits per heavy atom. The zero-order chi connectivity index (χ0) is 19.7. The standard InChI is InChI=1S/C21H21N3O3S/c1-2-16-9-11-17(12-10-16)15-24-18-7-3-4-8-19(18)28(26,27)20(22-24)21(25)23-13-5-6-14-23/h2-4,7-12H,1,5-6,13-15H2. The summed E-state index contributed by atoms with van der Waals surface area (Å²) in [4.78, 5) is 14.6. The maximum absolute atomic E-state index is 13.1. The minimum Gasteiger partial charge on any atom is -0.337 e. The molecule has 2 heterocycles. The van der Waals surface area contributed by atoms with Crippen molar-refractivity contribution in [2.45, 2.75) is 24.3 Å². The molecular weight excluding hydrogens is 374 g/mol. The Morgan fingerprint density at radius 1 is 1.07 bits per heavy atom. The van der Waals surface area contributed by atoms with Gasteiger partial charge in [-0.1, -0.05) is 49.1 Å². The van der Waals surface area contributed by atoms with Crippen LogP contribution in [0.3, 0.4) is 0 Å². The first-order chi connectivity index (χ1) is 13.5. The molecule has 2 aromatic rings. The number of carbonyl (C=O) groups is 1. The van der Waals surface area contributed by atoms with Crippen LogP contribution in [0, 0.1) is 0 Å². The van der Waals surface area contributed by atoms with E-state index >= 15 is 0 Å². The molecule has 7 heteroatoms. The molecule has 0 aliphatic carbocycles. The van der Waals surface area contributed by atoms with Crippen LogP contribution in [0.2, 0.25) is 0 Å². The summed E-state index contributed by atoms with van der Waals surface area (Å²) < 4.78 is 26.1. The molecule has 28 heavy (non-hydrogen) atoms. The Labute approximate surface area is 164 Å². The number of hydrazone groups is 1. The van der Waals surface area contributed by atoms with Crippen LogP contribution in [-0.2, 0) is 21.2 Å². The average molecular weight is 395 g/mol. The van der Waals surface area contributed by atoms with Crippen LogP contribution < -0.4 is 5.01 Å². The molecule has 1 amide bonds. The van der Waals surface area contributed by atoms with Gasteiger partial charge in [0.25, 0.3) is 5.91 Å². The zero-order valence-corrected chi connectivity index (χ0v) is 16.2. The molecule has 0 N–H and O–H groups in total. The van der Waals surface area contributed by atoms with Crippen LogP contribution in [0.4, 0.5) is 5.69 Å². The van der Waals surface area contributed by atoms with Crippen molar-refractivity contribution < 1.29 is 13.2 Å². The molecule has 0 unspecified atom stereocenters. The van der Waals surface area contributed by atoms with Gasteiger partial charge in [0.2, 0.25) is 14.9 Å². The second kappa shape index (κ2) is 7.24. The van der Waals surface area contributed by atoms with E-state index in [1.807, 2.05) is 24.3 Å². The number of sulfone groups is 1. The number of anilines is 1. The molecule has 0 saturated carbocycles. The highest BCUT2D eigenvalue weighted by molar-refractivity contribution is 8.08. The first kappa shape index (κ1) is 18.4. The third-order valence-electron chi connectivity index (χ3n) is 5.02. The summed E-state index contributed by atoms with van der Waals surface area (Å²) >= 11 is 0. The van der Waals surface area contributed by atoms with E-state index in [2.05, 4.69) is 11.7 Å². The van der Waals surface area contributed by atoms with Crippen molar-refractivity contribution in [1.29, 1.82) is 0 Å². The molecule has 0 radical (unpaired) electrons. The van der Waals surface area contributed by atoms with Gasteiger partial charge < -0.3 is 4.90 Å². The Hall–Kier alpha value is -2.93. The van der Waals surface area contributed by atoms with Crippen molar-refractivity contribution >= 4 is 32.6 Å². The van der Waals surface area contributed by atoms with E-state index in [0.29, 0.717) is 25.3 Å². The molecule has 2 aromatic carbocycles. The van der Waals surface area contributed by atoms with Crippen LogP contribution in [0.15, 0.2) is 65.1 Å². The van der Waals surface area contributed by atoms with Gasteiger partial charge in [0.15, 0.2) is 0 Å². The van der Waals surface area contributed by atoms with Gasteiger partial charge in [0.1, 0.15) is 0 Å². The lowest BCUT2D eigenvalue weighted by atomic mass is 10.1. The Bertz CT molecular complexity index is 1050. The quantitative estimate of drug-likeness (QED) is 0.798. The molecule has 2 aliphatic rings. The van der Waals surface area contributed by atoms with Crippen LogP contribution in [0.25, 0.3) is 6.08 Å². The van der Waals surface area contributed by atoms with Crippen molar-refractivity contribution in [2.75, 3.05) is 18.1 Å². The second-order valence-corrected chi connectivity index (χ2v) is 8.71.